The number of benzene rings is 1. The zero-order chi connectivity index (χ0) is 16.2. The first-order valence-corrected chi connectivity index (χ1v) is 7.79. The minimum absolute atomic E-state index is 0.147. The van der Waals surface area contributed by atoms with Crippen LogP contribution in [0.4, 0.5) is 8.78 Å². The fraction of sp³-hybridized carbons (Fsp3) is 0.118. The van der Waals surface area contributed by atoms with E-state index in [1.807, 2.05) is 17.5 Å². The number of thiophene rings is 1. The van der Waals surface area contributed by atoms with Gasteiger partial charge in [-0.2, -0.15) is 0 Å². The van der Waals surface area contributed by atoms with Gasteiger partial charge in [-0.05, 0) is 29.6 Å². The van der Waals surface area contributed by atoms with E-state index in [1.54, 1.807) is 6.07 Å². The Morgan fingerprint density at radius 3 is 2.70 bits per heavy atom. The number of carbonyl (C=O) groups is 1. The molecule has 1 amide bonds. The molecule has 3 nitrogen and oxygen atoms in total. The molecule has 0 aliphatic heterocycles. The van der Waals surface area contributed by atoms with E-state index in [1.165, 1.54) is 34.8 Å². The van der Waals surface area contributed by atoms with Crippen molar-refractivity contribution in [3.63, 3.8) is 0 Å². The number of hydrogen-bond donors (Lipinski definition) is 0. The summed E-state index contributed by atoms with van der Waals surface area (Å²) in [6.45, 7) is 0.628. The number of halogens is 2. The highest BCUT2D eigenvalue weighted by Crippen LogP contribution is 2.19. The highest BCUT2D eigenvalue weighted by molar-refractivity contribution is 7.09. The van der Waals surface area contributed by atoms with Crippen LogP contribution in [0.5, 0.6) is 0 Å². The third-order valence-electron chi connectivity index (χ3n) is 3.33. The lowest BCUT2D eigenvalue weighted by Gasteiger charge is -2.22. The van der Waals surface area contributed by atoms with Gasteiger partial charge in [0.05, 0.1) is 24.6 Å². The molecule has 0 radical (unpaired) electrons. The van der Waals surface area contributed by atoms with Gasteiger partial charge in [0.25, 0.3) is 5.91 Å². The first-order chi connectivity index (χ1) is 11.1. The molecule has 0 aliphatic carbocycles. The molecule has 0 spiro atoms. The molecule has 0 bridgehead atoms. The minimum atomic E-state index is -0.863. The van der Waals surface area contributed by atoms with Crippen LogP contribution in [0, 0.1) is 11.6 Å². The third kappa shape index (κ3) is 3.65. The number of furan rings is 1. The van der Waals surface area contributed by atoms with Crippen molar-refractivity contribution in [1.29, 1.82) is 0 Å². The summed E-state index contributed by atoms with van der Waals surface area (Å²) in [6, 6.07) is 8.51. The summed E-state index contributed by atoms with van der Waals surface area (Å²) in [5, 5.41) is 1.91. The zero-order valence-electron chi connectivity index (χ0n) is 12.0. The number of hydrogen-bond acceptors (Lipinski definition) is 3. The van der Waals surface area contributed by atoms with Crippen molar-refractivity contribution in [2.75, 3.05) is 0 Å². The Bertz CT molecular complexity index is 749. The molecular weight excluding hydrogens is 320 g/mol. The van der Waals surface area contributed by atoms with Crippen molar-refractivity contribution in [1.82, 2.24) is 4.90 Å². The van der Waals surface area contributed by atoms with Crippen LogP contribution in [-0.2, 0) is 13.1 Å². The van der Waals surface area contributed by atoms with Crippen LogP contribution in [0.15, 0.2) is 58.7 Å². The van der Waals surface area contributed by atoms with Crippen LogP contribution in [0.2, 0.25) is 0 Å². The van der Waals surface area contributed by atoms with E-state index < -0.39 is 17.5 Å². The van der Waals surface area contributed by atoms with E-state index >= 15 is 0 Å². The Hall–Kier alpha value is -2.47. The number of carbonyl (C=O) groups excluding carboxylic acids is 1. The van der Waals surface area contributed by atoms with E-state index in [0.29, 0.717) is 12.6 Å². The molecule has 0 fully saturated rings. The van der Waals surface area contributed by atoms with Crippen molar-refractivity contribution in [2.45, 2.75) is 13.1 Å². The molecule has 2 aromatic heterocycles. The van der Waals surface area contributed by atoms with Crippen LogP contribution in [-0.4, -0.2) is 10.8 Å². The molecule has 0 saturated carbocycles. The van der Waals surface area contributed by atoms with Crippen LogP contribution in [0.3, 0.4) is 0 Å². The van der Waals surface area contributed by atoms with Crippen molar-refractivity contribution in [3.8, 4) is 0 Å². The Morgan fingerprint density at radius 2 is 2.04 bits per heavy atom. The Kier molecular flexibility index (Phi) is 4.52. The lowest BCUT2D eigenvalue weighted by molar-refractivity contribution is 0.0726. The molecule has 3 rings (SSSR count). The second-order valence-electron chi connectivity index (χ2n) is 5.00. The molecule has 0 aliphatic rings. The molecule has 2 heterocycles. The van der Waals surface area contributed by atoms with Crippen LogP contribution < -0.4 is 0 Å². The monoisotopic (exact) mass is 333 g/mol. The Balaban J connectivity index is 1.88. The second-order valence-corrected chi connectivity index (χ2v) is 6.03. The summed E-state index contributed by atoms with van der Waals surface area (Å²) in [4.78, 5) is 15.2. The predicted octanol–water partition coefficient (Wildman–Crippen LogP) is 4.46. The molecule has 118 valence electrons. The molecule has 0 saturated heterocycles. The van der Waals surface area contributed by atoms with Crippen molar-refractivity contribution >= 4 is 17.2 Å². The van der Waals surface area contributed by atoms with E-state index in [9.17, 15) is 13.6 Å². The van der Waals surface area contributed by atoms with Gasteiger partial charge >= 0.3 is 0 Å². The molecule has 0 unspecified atom stereocenters. The molecule has 0 N–H and O–H groups in total. The maximum Gasteiger partial charge on any atom is 0.257 e. The van der Waals surface area contributed by atoms with Crippen molar-refractivity contribution < 1.29 is 18.0 Å². The van der Waals surface area contributed by atoms with E-state index in [0.717, 1.165) is 16.5 Å². The fourth-order valence-corrected chi connectivity index (χ4v) is 2.95. The largest absolute Gasteiger partial charge is 0.472 e. The summed E-state index contributed by atoms with van der Waals surface area (Å²) >= 11 is 1.51. The van der Waals surface area contributed by atoms with Crippen molar-refractivity contribution in [3.05, 3.63) is 81.9 Å². The van der Waals surface area contributed by atoms with Gasteiger partial charge < -0.3 is 9.32 Å². The van der Waals surface area contributed by atoms with Gasteiger partial charge in [0.15, 0.2) is 0 Å². The van der Waals surface area contributed by atoms with Crippen molar-refractivity contribution in [2.24, 2.45) is 0 Å². The Labute approximate surface area is 135 Å². The lowest BCUT2D eigenvalue weighted by atomic mass is 10.1. The Morgan fingerprint density at radius 1 is 1.17 bits per heavy atom. The average molecular weight is 333 g/mol. The summed E-state index contributed by atoms with van der Waals surface area (Å²) < 4.78 is 32.0. The molecule has 0 atom stereocenters. The van der Waals surface area contributed by atoms with E-state index in [-0.39, 0.29) is 12.1 Å². The first-order valence-electron chi connectivity index (χ1n) is 6.91. The standard InChI is InChI=1S/C17H13F2NO2S/c18-13-3-4-15(16(19)8-13)17(21)20(9-12-5-6-22-11-12)10-14-2-1-7-23-14/h1-8,11H,9-10H2. The minimum Gasteiger partial charge on any atom is -0.472 e. The second kappa shape index (κ2) is 6.75. The summed E-state index contributed by atoms with van der Waals surface area (Å²) in [6.07, 6.45) is 3.05. The van der Waals surface area contributed by atoms with Gasteiger partial charge in [-0.25, -0.2) is 8.78 Å². The number of nitrogens with zero attached hydrogens (tertiary/aromatic N) is 1. The third-order valence-corrected chi connectivity index (χ3v) is 4.19. The number of amides is 1. The van der Waals surface area contributed by atoms with Gasteiger partial charge in [-0.15, -0.1) is 11.3 Å². The molecule has 1 aromatic carbocycles. The molecule has 6 heteroatoms. The summed E-state index contributed by atoms with van der Waals surface area (Å²) in [7, 11) is 0. The van der Waals surface area contributed by atoms with Gasteiger partial charge in [-0.1, -0.05) is 6.07 Å². The maximum atomic E-state index is 13.9. The quantitative estimate of drug-likeness (QED) is 0.690. The van der Waals surface area contributed by atoms with Gasteiger partial charge in [0, 0.05) is 23.1 Å². The molecular formula is C17H13F2NO2S. The SMILES string of the molecule is O=C(c1ccc(F)cc1F)N(Cc1ccoc1)Cc1cccs1. The highest BCUT2D eigenvalue weighted by Gasteiger charge is 2.21. The maximum absolute atomic E-state index is 13.9. The van der Waals surface area contributed by atoms with Gasteiger partial charge in [-0.3, -0.25) is 4.79 Å². The van der Waals surface area contributed by atoms with E-state index in [2.05, 4.69) is 0 Å². The van der Waals surface area contributed by atoms with Crippen LogP contribution in [0.1, 0.15) is 20.8 Å². The fourth-order valence-electron chi connectivity index (χ4n) is 2.23. The lowest BCUT2D eigenvalue weighted by Crippen LogP contribution is -2.30. The van der Waals surface area contributed by atoms with Gasteiger partial charge in [0.2, 0.25) is 0 Å². The molecule has 23 heavy (non-hydrogen) atoms. The predicted molar refractivity (Wildman–Crippen MR) is 83.0 cm³/mol. The number of rotatable bonds is 5. The summed E-state index contributed by atoms with van der Waals surface area (Å²) in [5.74, 6) is -2.06. The van der Waals surface area contributed by atoms with Crippen LogP contribution in [0.25, 0.3) is 0 Å². The highest BCUT2D eigenvalue weighted by atomic mass is 32.1. The van der Waals surface area contributed by atoms with Gasteiger partial charge in [0.1, 0.15) is 11.6 Å². The summed E-state index contributed by atoms with van der Waals surface area (Å²) in [5.41, 5.74) is 0.656. The van der Waals surface area contributed by atoms with Crippen LogP contribution >= 0.6 is 11.3 Å². The normalized spacial score (nSPS) is 10.7. The topological polar surface area (TPSA) is 33.5 Å². The first kappa shape index (κ1) is 15.4. The molecule has 3 aromatic rings. The average Bonchev–Trinajstić information content (AvgIpc) is 3.19. The van der Waals surface area contributed by atoms with E-state index in [4.69, 9.17) is 4.42 Å². The smallest absolute Gasteiger partial charge is 0.257 e. The zero-order valence-corrected chi connectivity index (χ0v) is 12.9.